The zero-order chi connectivity index (χ0) is 11.1. The quantitative estimate of drug-likeness (QED) is 0.609. The molecule has 1 saturated heterocycles. The average Bonchev–Trinajstić information content (AvgIpc) is 2.59. The number of hydrogen-bond donors (Lipinski definition) is 0. The molecule has 0 saturated carbocycles. The van der Waals surface area contributed by atoms with Gasteiger partial charge in [-0.1, -0.05) is 13.3 Å². The van der Waals surface area contributed by atoms with Crippen LogP contribution in [0.5, 0.6) is 0 Å². The summed E-state index contributed by atoms with van der Waals surface area (Å²) < 4.78 is 11.7. The second-order valence-corrected chi connectivity index (χ2v) is 4.02. The molecule has 15 heavy (non-hydrogen) atoms. The number of ether oxygens (including phenoxy) is 2. The number of rotatable bonds is 7. The highest BCUT2D eigenvalue weighted by Crippen LogP contribution is 2.32. The first-order valence-corrected chi connectivity index (χ1v) is 6.32. The Morgan fingerprint density at radius 2 is 1.80 bits per heavy atom. The number of likely N-dealkylation sites (tertiary alicyclic amines) is 1. The summed E-state index contributed by atoms with van der Waals surface area (Å²) in [5, 5.41) is 0. The first kappa shape index (κ1) is 12.9. The van der Waals surface area contributed by atoms with Crippen molar-refractivity contribution in [3.05, 3.63) is 0 Å². The minimum atomic E-state index is -0.404. The van der Waals surface area contributed by atoms with Crippen molar-refractivity contribution in [2.45, 2.75) is 52.4 Å². The second-order valence-electron chi connectivity index (χ2n) is 4.02. The number of unbranched alkanes of at least 4 members (excludes halogenated alkanes) is 1. The predicted octanol–water partition coefficient (Wildman–Crippen LogP) is 2.61. The lowest BCUT2D eigenvalue weighted by Gasteiger charge is -2.37. The van der Waals surface area contributed by atoms with Crippen LogP contribution in [0, 0.1) is 0 Å². The van der Waals surface area contributed by atoms with E-state index in [1.54, 1.807) is 0 Å². The largest absolute Gasteiger partial charge is 0.338 e. The molecular formula is C12H25NO2. The van der Waals surface area contributed by atoms with Crippen molar-refractivity contribution in [2.75, 3.05) is 26.3 Å². The second kappa shape index (κ2) is 6.46. The molecule has 0 bridgehead atoms. The van der Waals surface area contributed by atoms with Crippen molar-refractivity contribution < 1.29 is 9.47 Å². The lowest BCUT2D eigenvalue weighted by Crippen LogP contribution is -2.49. The molecule has 90 valence electrons. The van der Waals surface area contributed by atoms with Crippen LogP contribution in [0.25, 0.3) is 0 Å². The minimum absolute atomic E-state index is 0.404. The van der Waals surface area contributed by atoms with Gasteiger partial charge in [-0.2, -0.15) is 0 Å². The number of hydrogen-bond acceptors (Lipinski definition) is 3. The maximum Gasteiger partial charge on any atom is 0.229 e. The highest BCUT2D eigenvalue weighted by Gasteiger charge is 2.42. The van der Waals surface area contributed by atoms with Gasteiger partial charge < -0.3 is 9.47 Å². The van der Waals surface area contributed by atoms with Crippen LogP contribution in [0.15, 0.2) is 0 Å². The lowest BCUT2D eigenvalue weighted by atomic mass is 10.3. The van der Waals surface area contributed by atoms with E-state index < -0.39 is 5.91 Å². The van der Waals surface area contributed by atoms with Crippen LogP contribution in [-0.4, -0.2) is 37.1 Å². The molecule has 0 aromatic rings. The van der Waals surface area contributed by atoms with Gasteiger partial charge in [0.2, 0.25) is 5.91 Å². The van der Waals surface area contributed by atoms with E-state index in [1.807, 2.05) is 13.8 Å². The van der Waals surface area contributed by atoms with Crippen molar-refractivity contribution in [3.8, 4) is 0 Å². The Morgan fingerprint density at radius 3 is 2.33 bits per heavy atom. The molecule has 1 aliphatic rings. The normalized spacial score (nSPS) is 21.0. The Morgan fingerprint density at radius 1 is 1.13 bits per heavy atom. The van der Waals surface area contributed by atoms with Gasteiger partial charge in [0.15, 0.2) is 0 Å². The van der Waals surface area contributed by atoms with Gasteiger partial charge in [0, 0.05) is 32.7 Å². The molecule has 0 aliphatic carbocycles. The van der Waals surface area contributed by atoms with Crippen LogP contribution in [0.1, 0.15) is 46.5 Å². The third-order valence-electron chi connectivity index (χ3n) is 2.92. The fourth-order valence-corrected chi connectivity index (χ4v) is 2.27. The zero-order valence-electron chi connectivity index (χ0n) is 10.4. The third kappa shape index (κ3) is 3.16. The molecule has 1 aliphatic heterocycles. The first-order chi connectivity index (χ1) is 7.29. The Hall–Kier alpha value is -0.120. The fourth-order valence-electron chi connectivity index (χ4n) is 2.27. The summed E-state index contributed by atoms with van der Waals surface area (Å²) in [7, 11) is 0. The molecule has 3 nitrogen and oxygen atoms in total. The molecule has 0 unspecified atom stereocenters. The molecule has 1 rings (SSSR count). The summed E-state index contributed by atoms with van der Waals surface area (Å²) in [5.74, 6) is -0.404. The van der Waals surface area contributed by atoms with E-state index in [9.17, 15) is 0 Å². The SMILES string of the molecule is CCCCN1CCCC1(OCC)OCC. The van der Waals surface area contributed by atoms with E-state index in [0.29, 0.717) is 0 Å². The summed E-state index contributed by atoms with van der Waals surface area (Å²) in [4.78, 5) is 2.36. The fraction of sp³-hybridized carbons (Fsp3) is 1.00. The first-order valence-electron chi connectivity index (χ1n) is 6.32. The van der Waals surface area contributed by atoms with E-state index in [1.165, 1.54) is 19.3 Å². The summed E-state index contributed by atoms with van der Waals surface area (Å²) in [6, 6.07) is 0. The van der Waals surface area contributed by atoms with Crippen LogP contribution < -0.4 is 0 Å². The van der Waals surface area contributed by atoms with Gasteiger partial charge in [-0.05, 0) is 26.7 Å². The molecule has 0 radical (unpaired) electrons. The molecule has 0 amide bonds. The van der Waals surface area contributed by atoms with E-state index in [4.69, 9.17) is 9.47 Å². The van der Waals surface area contributed by atoms with E-state index in [-0.39, 0.29) is 0 Å². The average molecular weight is 215 g/mol. The Bertz CT molecular complexity index is 167. The van der Waals surface area contributed by atoms with Gasteiger partial charge in [-0.3, -0.25) is 4.90 Å². The van der Waals surface area contributed by atoms with Crippen LogP contribution in [-0.2, 0) is 9.47 Å². The summed E-state index contributed by atoms with van der Waals surface area (Å²) >= 11 is 0. The molecule has 0 aromatic heterocycles. The van der Waals surface area contributed by atoms with Gasteiger partial charge in [0.25, 0.3) is 0 Å². The molecule has 3 heteroatoms. The van der Waals surface area contributed by atoms with Crippen molar-refractivity contribution >= 4 is 0 Å². The van der Waals surface area contributed by atoms with Gasteiger partial charge in [0.1, 0.15) is 0 Å². The Kier molecular flexibility index (Phi) is 5.58. The van der Waals surface area contributed by atoms with Crippen LogP contribution in [0.4, 0.5) is 0 Å². The van der Waals surface area contributed by atoms with Gasteiger partial charge in [-0.25, -0.2) is 0 Å². The minimum Gasteiger partial charge on any atom is -0.338 e. The molecule has 0 N–H and O–H groups in total. The van der Waals surface area contributed by atoms with E-state index in [0.717, 1.165) is 32.7 Å². The smallest absolute Gasteiger partial charge is 0.229 e. The summed E-state index contributed by atoms with van der Waals surface area (Å²) in [6.45, 7) is 9.95. The van der Waals surface area contributed by atoms with Crippen molar-refractivity contribution in [3.63, 3.8) is 0 Å². The lowest BCUT2D eigenvalue weighted by molar-refractivity contribution is -0.300. The van der Waals surface area contributed by atoms with Crippen LogP contribution in [0.2, 0.25) is 0 Å². The highest BCUT2D eigenvalue weighted by atomic mass is 16.7. The molecule has 1 fully saturated rings. The molecule has 0 aromatic carbocycles. The monoisotopic (exact) mass is 215 g/mol. The Labute approximate surface area is 93.7 Å². The number of nitrogens with zero attached hydrogens (tertiary/aromatic N) is 1. The van der Waals surface area contributed by atoms with E-state index >= 15 is 0 Å². The van der Waals surface area contributed by atoms with Crippen LogP contribution >= 0.6 is 0 Å². The molecular weight excluding hydrogens is 190 g/mol. The zero-order valence-corrected chi connectivity index (χ0v) is 10.4. The summed E-state index contributed by atoms with van der Waals surface area (Å²) in [5.41, 5.74) is 0. The van der Waals surface area contributed by atoms with Gasteiger partial charge in [-0.15, -0.1) is 0 Å². The topological polar surface area (TPSA) is 21.7 Å². The predicted molar refractivity (Wildman–Crippen MR) is 61.7 cm³/mol. The maximum absolute atomic E-state index is 5.84. The standard InChI is InChI=1S/C12H25NO2/c1-4-7-10-13-11-8-9-12(13,14-5-2)15-6-3/h4-11H2,1-3H3. The Balaban J connectivity index is 2.57. The van der Waals surface area contributed by atoms with Gasteiger partial charge >= 0.3 is 0 Å². The van der Waals surface area contributed by atoms with Crippen molar-refractivity contribution in [1.29, 1.82) is 0 Å². The van der Waals surface area contributed by atoms with Gasteiger partial charge in [0.05, 0.1) is 0 Å². The molecule has 1 heterocycles. The maximum atomic E-state index is 5.84. The highest BCUT2D eigenvalue weighted by molar-refractivity contribution is 4.80. The van der Waals surface area contributed by atoms with E-state index in [2.05, 4.69) is 11.8 Å². The van der Waals surface area contributed by atoms with Crippen molar-refractivity contribution in [1.82, 2.24) is 4.90 Å². The summed E-state index contributed by atoms with van der Waals surface area (Å²) in [6.07, 6.45) is 4.65. The third-order valence-corrected chi connectivity index (χ3v) is 2.92. The van der Waals surface area contributed by atoms with Crippen LogP contribution in [0.3, 0.4) is 0 Å². The molecule has 0 spiro atoms. The van der Waals surface area contributed by atoms with Crippen molar-refractivity contribution in [2.24, 2.45) is 0 Å². The molecule has 0 atom stereocenters.